The van der Waals surface area contributed by atoms with Crippen molar-refractivity contribution < 1.29 is 14.1 Å². The molecule has 2 amide bonds. The Morgan fingerprint density at radius 3 is 2.52 bits per heavy atom. The van der Waals surface area contributed by atoms with Crippen molar-refractivity contribution >= 4 is 23.2 Å². The van der Waals surface area contributed by atoms with Gasteiger partial charge in [0, 0.05) is 38.8 Å². The van der Waals surface area contributed by atoms with Gasteiger partial charge in [0.2, 0.25) is 0 Å². The number of hydrogen-bond donors (Lipinski definition) is 1. The molecular formula is C15H18N4O3S. The van der Waals surface area contributed by atoms with Gasteiger partial charge in [-0.25, -0.2) is 0 Å². The van der Waals surface area contributed by atoms with Crippen molar-refractivity contribution in [3.8, 4) is 0 Å². The fourth-order valence-electron chi connectivity index (χ4n) is 2.57. The maximum absolute atomic E-state index is 12.4. The molecule has 3 heterocycles. The summed E-state index contributed by atoms with van der Waals surface area (Å²) in [4.78, 5) is 28.6. The fraction of sp³-hybridized carbons (Fsp3) is 0.400. The van der Waals surface area contributed by atoms with Gasteiger partial charge in [-0.2, -0.15) is 0 Å². The Labute approximate surface area is 137 Å². The van der Waals surface area contributed by atoms with E-state index in [1.165, 1.54) is 0 Å². The van der Waals surface area contributed by atoms with Crippen molar-refractivity contribution in [2.24, 2.45) is 5.73 Å². The van der Waals surface area contributed by atoms with Crippen molar-refractivity contribution in [2.75, 3.05) is 26.2 Å². The zero-order valence-electron chi connectivity index (χ0n) is 12.8. The molecule has 0 saturated carbocycles. The van der Waals surface area contributed by atoms with Crippen LogP contribution in [-0.4, -0.2) is 52.9 Å². The molecule has 23 heavy (non-hydrogen) atoms. The van der Waals surface area contributed by atoms with Crippen LogP contribution in [0, 0.1) is 6.92 Å². The van der Waals surface area contributed by atoms with Gasteiger partial charge in [-0.15, -0.1) is 11.3 Å². The molecule has 122 valence electrons. The topological polar surface area (TPSA) is 92.7 Å². The molecule has 1 fully saturated rings. The standard InChI is InChI=1S/C15H18N4O3S/c1-10-8-11(17-22-10)9-18-4-6-19(7-5-18)15(21)13-3-2-12(23-13)14(16)20/h2-3,8H,4-7,9H2,1H3,(H2,16,20). The summed E-state index contributed by atoms with van der Waals surface area (Å²) >= 11 is 1.15. The Balaban J connectivity index is 1.55. The van der Waals surface area contributed by atoms with Crippen LogP contribution in [0.15, 0.2) is 22.7 Å². The van der Waals surface area contributed by atoms with Gasteiger partial charge in [-0.1, -0.05) is 5.16 Å². The number of nitrogens with zero attached hydrogens (tertiary/aromatic N) is 3. The number of carbonyl (C=O) groups is 2. The zero-order valence-corrected chi connectivity index (χ0v) is 13.6. The fourth-order valence-corrected chi connectivity index (χ4v) is 3.40. The van der Waals surface area contributed by atoms with Crippen LogP contribution < -0.4 is 5.73 Å². The summed E-state index contributed by atoms with van der Waals surface area (Å²) in [6.07, 6.45) is 0. The second kappa shape index (κ2) is 6.51. The van der Waals surface area contributed by atoms with E-state index in [4.69, 9.17) is 10.3 Å². The molecule has 8 heteroatoms. The zero-order chi connectivity index (χ0) is 16.4. The van der Waals surface area contributed by atoms with Crippen molar-refractivity contribution in [1.82, 2.24) is 15.0 Å². The molecule has 0 unspecified atom stereocenters. The Hall–Kier alpha value is -2.19. The van der Waals surface area contributed by atoms with Crippen LogP contribution >= 0.6 is 11.3 Å². The number of primary amides is 1. The monoisotopic (exact) mass is 334 g/mol. The minimum atomic E-state index is -0.498. The van der Waals surface area contributed by atoms with Crippen LogP contribution in [0.4, 0.5) is 0 Å². The van der Waals surface area contributed by atoms with Gasteiger partial charge in [0.15, 0.2) is 0 Å². The highest BCUT2D eigenvalue weighted by Crippen LogP contribution is 2.19. The van der Waals surface area contributed by atoms with Crippen molar-refractivity contribution in [2.45, 2.75) is 13.5 Å². The molecule has 3 rings (SSSR count). The third-order valence-electron chi connectivity index (χ3n) is 3.78. The number of amides is 2. The second-order valence-corrected chi connectivity index (χ2v) is 6.61. The van der Waals surface area contributed by atoms with E-state index in [1.54, 1.807) is 17.0 Å². The lowest BCUT2D eigenvalue weighted by atomic mass is 10.2. The maximum atomic E-state index is 12.4. The summed E-state index contributed by atoms with van der Waals surface area (Å²) in [6, 6.07) is 5.19. The van der Waals surface area contributed by atoms with E-state index in [0.29, 0.717) is 22.8 Å². The smallest absolute Gasteiger partial charge is 0.264 e. The molecule has 2 aromatic heterocycles. The summed E-state index contributed by atoms with van der Waals surface area (Å²) < 4.78 is 5.07. The number of carbonyl (C=O) groups excluding carboxylic acids is 2. The Bertz CT molecular complexity index is 716. The first-order chi connectivity index (χ1) is 11.0. The lowest BCUT2D eigenvalue weighted by molar-refractivity contribution is 0.0630. The number of thiophene rings is 1. The Kier molecular flexibility index (Phi) is 4.44. The highest BCUT2D eigenvalue weighted by molar-refractivity contribution is 7.15. The molecule has 0 spiro atoms. The lowest BCUT2D eigenvalue weighted by Crippen LogP contribution is -2.48. The largest absolute Gasteiger partial charge is 0.365 e. The van der Waals surface area contributed by atoms with Gasteiger partial charge in [0.25, 0.3) is 11.8 Å². The quantitative estimate of drug-likeness (QED) is 0.904. The van der Waals surface area contributed by atoms with E-state index >= 15 is 0 Å². The summed E-state index contributed by atoms with van der Waals surface area (Å²) in [5, 5.41) is 3.99. The first kappa shape index (κ1) is 15.7. The van der Waals surface area contributed by atoms with E-state index in [0.717, 1.165) is 42.4 Å². The summed E-state index contributed by atoms with van der Waals surface area (Å²) in [7, 11) is 0. The normalized spacial score (nSPS) is 15.8. The van der Waals surface area contributed by atoms with E-state index in [1.807, 2.05) is 13.0 Å². The molecule has 1 aliphatic heterocycles. The van der Waals surface area contributed by atoms with Crippen LogP contribution in [0.2, 0.25) is 0 Å². The number of hydrogen-bond acceptors (Lipinski definition) is 6. The third-order valence-corrected chi connectivity index (χ3v) is 4.87. The predicted molar refractivity (Wildman–Crippen MR) is 85.3 cm³/mol. The van der Waals surface area contributed by atoms with Crippen LogP contribution in [0.5, 0.6) is 0 Å². The molecule has 1 saturated heterocycles. The molecule has 0 aromatic carbocycles. The minimum absolute atomic E-state index is 0.0422. The molecular weight excluding hydrogens is 316 g/mol. The van der Waals surface area contributed by atoms with Crippen LogP contribution in [0.25, 0.3) is 0 Å². The molecule has 2 N–H and O–H groups in total. The molecule has 0 bridgehead atoms. The number of aromatic nitrogens is 1. The number of piperazine rings is 1. The summed E-state index contributed by atoms with van der Waals surface area (Å²) in [6.45, 7) is 5.47. The highest BCUT2D eigenvalue weighted by atomic mass is 32.1. The van der Waals surface area contributed by atoms with Crippen LogP contribution in [-0.2, 0) is 6.54 Å². The average molecular weight is 334 g/mol. The molecule has 0 atom stereocenters. The predicted octanol–water partition coefficient (Wildman–Crippen LogP) is 1.10. The molecule has 7 nitrogen and oxygen atoms in total. The van der Waals surface area contributed by atoms with Crippen molar-refractivity contribution in [3.63, 3.8) is 0 Å². The van der Waals surface area contributed by atoms with Gasteiger partial charge in [0.1, 0.15) is 5.76 Å². The number of aryl methyl sites for hydroxylation is 1. The van der Waals surface area contributed by atoms with E-state index < -0.39 is 5.91 Å². The number of nitrogens with two attached hydrogens (primary N) is 1. The summed E-state index contributed by atoms with van der Waals surface area (Å²) in [5.41, 5.74) is 6.13. The molecule has 0 radical (unpaired) electrons. The molecule has 1 aliphatic rings. The van der Waals surface area contributed by atoms with Crippen LogP contribution in [0.3, 0.4) is 0 Å². The van der Waals surface area contributed by atoms with E-state index in [2.05, 4.69) is 10.1 Å². The Morgan fingerprint density at radius 1 is 1.26 bits per heavy atom. The van der Waals surface area contributed by atoms with Gasteiger partial charge >= 0.3 is 0 Å². The van der Waals surface area contributed by atoms with Gasteiger partial charge in [-0.05, 0) is 19.1 Å². The second-order valence-electron chi connectivity index (χ2n) is 5.53. The Morgan fingerprint density at radius 2 is 1.96 bits per heavy atom. The van der Waals surface area contributed by atoms with Crippen molar-refractivity contribution in [1.29, 1.82) is 0 Å². The first-order valence-electron chi connectivity index (χ1n) is 7.36. The third kappa shape index (κ3) is 3.59. The maximum Gasteiger partial charge on any atom is 0.264 e. The number of rotatable bonds is 4. The average Bonchev–Trinajstić information content (AvgIpc) is 3.17. The van der Waals surface area contributed by atoms with Gasteiger partial charge < -0.3 is 15.2 Å². The van der Waals surface area contributed by atoms with E-state index in [9.17, 15) is 9.59 Å². The molecule has 2 aromatic rings. The lowest BCUT2D eigenvalue weighted by Gasteiger charge is -2.34. The van der Waals surface area contributed by atoms with Gasteiger partial charge in [0.05, 0.1) is 15.4 Å². The van der Waals surface area contributed by atoms with Gasteiger partial charge in [-0.3, -0.25) is 14.5 Å². The highest BCUT2D eigenvalue weighted by Gasteiger charge is 2.24. The van der Waals surface area contributed by atoms with Crippen LogP contribution in [0.1, 0.15) is 30.8 Å². The minimum Gasteiger partial charge on any atom is -0.365 e. The molecule has 0 aliphatic carbocycles. The SMILES string of the molecule is Cc1cc(CN2CCN(C(=O)c3ccc(C(N)=O)s3)CC2)no1. The van der Waals surface area contributed by atoms with E-state index in [-0.39, 0.29) is 5.91 Å². The van der Waals surface area contributed by atoms with Crippen molar-refractivity contribution in [3.05, 3.63) is 39.4 Å². The first-order valence-corrected chi connectivity index (χ1v) is 8.18. The summed E-state index contributed by atoms with van der Waals surface area (Å²) in [5.74, 6) is 0.262.